The summed E-state index contributed by atoms with van der Waals surface area (Å²) in [5.41, 5.74) is 4.81. The zero-order valence-electron chi connectivity index (χ0n) is 28.0. The lowest BCUT2D eigenvalue weighted by atomic mass is 9.83. The van der Waals surface area contributed by atoms with Crippen LogP contribution in [0.2, 0.25) is 18.1 Å². The second-order valence-electron chi connectivity index (χ2n) is 14.5. The fourth-order valence-corrected chi connectivity index (χ4v) is 6.90. The van der Waals surface area contributed by atoms with Crippen LogP contribution in [-0.4, -0.2) is 59.8 Å². The fourth-order valence-electron chi connectivity index (χ4n) is 5.78. The molecular weight excluding hydrogens is 583 g/mol. The van der Waals surface area contributed by atoms with Gasteiger partial charge in [-0.15, -0.1) is 0 Å². The largest absolute Gasteiger partial charge is 0.416 e. The van der Waals surface area contributed by atoms with Gasteiger partial charge in [0.25, 0.3) is 5.91 Å². The van der Waals surface area contributed by atoms with Gasteiger partial charge < -0.3 is 19.8 Å². The lowest BCUT2D eigenvalue weighted by Crippen LogP contribution is -2.44. The third kappa shape index (κ3) is 6.98. The maximum absolute atomic E-state index is 13.2. The lowest BCUT2D eigenvalue weighted by Gasteiger charge is -2.39. The zero-order valence-corrected chi connectivity index (χ0v) is 29.0. The molecule has 240 valence electrons. The first kappa shape index (κ1) is 32.8. The predicted octanol–water partition coefficient (Wildman–Crippen LogP) is 6.67. The van der Waals surface area contributed by atoms with E-state index in [4.69, 9.17) is 14.1 Å². The van der Waals surface area contributed by atoms with Gasteiger partial charge in [-0.2, -0.15) is 10.4 Å². The van der Waals surface area contributed by atoms with Crippen molar-refractivity contribution in [3.8, 4) is 17.3 Å². The molecule has 0 saturated carbocycles. The molecule has 1 atom stereocenters. The summed E-state index contributed by atoms with van der Waals surface area (Å²) in [5.74, 6) is 0.689. The van der Waals surface area contributed by atoms with Crippen LogP contribution in [0.1, 0.15) is 94.0 Å². The number of carbonyl (C=O) groups excluding carboxylic acids is 1. The number of aromatic nitrogens is 4. The number of benzene rings is 1. The summed E-state index contributed by atoms with van der Waals surface area (Å²) >= 11 is 0. The van der Waals surface area contributed by atoms with Crippen LogP contribution in [0, 0.1) is 11.3 Å². The van der Waals surface area contributed by atoms with Crippen LogP contribution < -0.4 is 10.6 Å². The van der Waals surface area contributed by atoms with Gasteiger partial charge in [0, 0.05) is 55.1 Å². The van der Waals surface area contributed by atoms with E-state index in [9.17, 15) is 10.1 Å². The highest BCUT2D eigenvalue weighted by Gasteiger charge is 2.42. The molecular formula is C34H47N7O3Si. The first-order valence-electron chi connectivity index (χ1n) is 16.0. The Morgan fingerprint density at radius 2 is 1.98 bits per heavy atom. The first-order valence-corrected chi connectivity index (χ1v) is 18.9. The van der Waals surface area contributed by atoms with Crippen LogP contribution >= 0.6 is 0 Å². The maximum atomic E-state index is 13.2. The number of fused-ring (bicyclic) bond motifs is 1. The molecule has 10 nitrogen and oxygen atoms in total. The Kier molecular flexibility index (Phi) is 9.22. The van der Waals surface area contributed by atoms with Crippen molar-refractivity contribution in [1.82, 2.24) is 25.1 Å². The topological polar surface area (TPSA) is 127 Å². The highest BCUT2D eigenvalue weighted by Crippen LogP contribution is 2.45. The summed E-state index contributed by atoms with van der Waals surface area (Å²) in [7, 11) is -1.94. The molecule has 45 heavy (non-hydrogen) atoms. The van der Waals surface area contributed by atoms with Crippen molar-refractivity contribution in [3.63, 3.8) is 0 Å². The molecule has 2 aliphatic rings. The summed E-state index contributed by atoms with van der Waals surface area (Å²) < 4.78 is 13.8. The van der Waals surface area contributed by atoms with Crippen LogP contribution in [0.15, 0.2) is 30.5 Å². The monoisotopic (exact) mass is 629 g/mol. The Morgan fingerprint density at radius 1 is 1.24 bits per heavy atom. The summed E-state index contributed by atoms with van der Waals surface area (Å²) in [6.07, 6.45) is 5.09. The minimum absolute atomic E-state index is 0.0195. The molecule has 3 aromatic rings. The zero-order chi connectivity index (χ0) is 32.6. The van der Waals surface area contributed by atoms with Crippen molar-refractivity contribution in [1.29, 1.82) is 5.26 Å². The number of anilines is 2. The highest BCUT2D eigenvalue weighted by atomic mass is 28.4. The van der Waals surface area contributed by atoms with E-state index < -0.39 is 8.32 Å². The van der Waals surface area contributed by atoms with E-state index in [-0.39, 0.29) is 28.4 Å². The van der Waals surface area contributed by atoms with Gasteiger partial charge in [0.2, 0.25) is 5.95 Å². The second-order valence-corrected chi connectivity index (χ2v) is 19.3. The average molecular weight is 630 g/mol. The molecule has 5 rings (SSSR count). The van der Waals surface area contributed by atoms with Crippen molar-refractivity contribution in [2.75, 3.05) is 25.1 Å². The van der Waals surface area contributed by atoms with Crippen LogP contribution in [0.4, 0.5) is 11.8 Å². The summed E-state index contributed by atoms with van der Waals surface area (Å²) in [6.45, 7) is 19.5. The number of nitrogens with one attached hydrogen (secondary N) is 2. The smallest absolute Gasteiger partial charge is 0.269 e. The number of nitriles is 1. The number of carbonyl (C=O) groups is 1. The van der Waals surface area contributed by atoms with Gasteiger partial charge in [0.05, 0.1) is 17.3 Å². The molecule has 1 saturated heterocycles. The van der Waals surface area contributed by atoms with E-state index in [2.05, 4.69) is 73.6 Å². The van der Waals surface area contributed by atoms with Crippen molar-refractivity contribution in [3.05, 3.63) is 52.8 Å². The second kappa shape index (κ2) is 12.7. The molecule has 2 N–H and O–H groups in total. The van der Waals surface area contributed by atoms with Crippen molar-refractivity contribution in [2.24, 2.45) is 0 Å². The van der Waals surface area contributed by atoms with Crippen molar-refractivity contribution >= 4 is 26.0 Å². The van der Waals surface area contributed by atoms with E-state index in [0.29, 0.717) is 48.5 Å². The summed E-state index contributed by atoms with van der Waals surface area (Å²) in [6, 6.07) is 10.2. The molecule has 1 aliphatic heterocycles. The van der Waals surface area contributed by atoms with E-state index in [1.165, 1.54) is 5.56 Å². The van der Waals surface area contributed by atoms with Gasteiger partial charge in [-0.3, -0.25) is 9.48 Å². The fraction of sp³-hybridized carbons (Fsp3) is 0.559. The SMILES string of the molecule is CC(C)n1nc(Nc2nccc(-c3cc(C#N)c4c(c3)C(C)(CO[Si](C)(C)C(C)(C)C)CC4)n2)cc1C(=O)NC1CCOCC1. The Morgan fingerprint density at radius 3 is 2.64 bits per heavy atom. The number of amides is 1. The summed E-state index contributed by atoms with van der Waals surface area (Å²) in [4.78, 5) is 22.4. The Balaban J connectivity index is 1.40. The van der Waals surface area contributed by atoms with E-state index >= 15 is 0 Å². The molecule has 1 amide bonds. The number of ether oxygens (including phenoxy) is 1. The normalized spacial score (nSPS) is 18.9. The molecule has 1 aliphatic carbocycles. The first-order chi connectivity index (χ1) is 21.2. The molecule has 3 heterocycles. The Hall–Kier alpha value is -3.59. The van der Waals surface area contributed by atoms with Crippen LogP contribution in [0.5, 0.6) is 0 Å². The molecule has 2 aromatic heterocycles. The maximum Gasteiger partial charge on any atom is 0.269 e. The lowest BCUT2D eigenvalue weighted by molar-refractivity contribution is 0.0690. The average Bonchev–Trinajstić information content (AvgIpc) is 3.58. The van der Waals surface area contributed by atoms with Gasteiger partial charge in [-0.1, -0.05) is 27.7 Å². The standard InChI is InChI=1S/C34H47N7O3Si/c1-22(2)41-29(31(42)37-25-11-15-43-16-12-25)19-30(40-41)39-32-36-14-10-28(38-32)23-17-24(20-35)26-9-13-34(6,27(26)18-23)21-44-45(7,8)33(3,4)5/h10,14,17-19,22,25H,9,11-13,15-16,21H2,1-8H3,(H,37,42)(H,36,38,39,40). The van der Waals surface area contributed by atoms with E-state index in [1.807, 2.05) is 26.0 Å². The molecule has 0 spiro atoms. The van der Waals surface area contributed by atoms with Crippen LogP contribution in [-0.2, 0) is 21.0 Å². The van der Waals surface area contributed by atoms with E-state index in [0.717, 1.165) is 36.8 Å². The third-order valence-corrected chi connectivity index (χ3v) is 14.2. The van der Waals surface area contributed by atoms with Gasteiger partial charge in [-0.25, -0.2) is 9.97 Å². The molecule has 1 aromatic carbocycles. The van der Waals surface area contributed by atoms with E-state index in [1.54, 1.807) is 16.9 Å². The quantitative estimate of drug-likeness (QED) is 0.251. The third-order valence-electron chi connectivity index (χ3n) is 9.71. The van der Waals surface area contributed by atoms with Crippen molar-refractivity contribution in [2.45, 2.75) is 103 Å². The molecule has 1 unspecified atom stereocenters. The van der Waals surface area contributed by atoms with Crippen molar-refractivity contribution < 1.29 is 14.0 Å². The Bertz CT molecular complexity index is 1600. The van der Waals surface area contributed by atoms with Gasteiger partial charge >= 0.3 is 0 Å². The molecule has 0 bridgehead atoms. The molecule has 1 fully saturated rings. The van der Waals surface area contributed by atoms with Gasteiger partial charge in [0.15, 0.2) is 14.1 Å². The molecule has 11 heteroatoms. The van der Waals surface area contributed by atoms with Gasteiger partial charge in [-0.05, 0) is 87.0 Å². The van der Waals surface area contributed by atoms with Crippen LogP contribution in [0.3, 0.4) is 0 Å². The van der Waals surface area contributed by atoms with Crippen LogP contribution in [0.25, 0.3) is 11.3 Å². The minimum Gasteiger partial charge on any atom is -0.416 e. The number of rotatable bonds is 9. The Labute approximate surface area is 268 Å². The van der Waals surface area contributed by atoms with Gasteiger partial charge in [0.1, 0.15) is 5.69 Å². The number of nitrogens with zero attached hydrogens (tertiary/aromatic N) is 5. The molecule has 0 radical (unpaired) electrons. The predicted molar refractivity (Wildman–Crippen MR) is 178 cm³/mol. The highest BCUT2D eigenvalue weighted by molar-refractivity contribution is 6.74. The summed E-state index contributed by atoms with van der Waals surface area (Å²) in [5, 5.41) is 21.2. The number of hydrogen-bond donors (Lipinski definition) is 2. The number of hydrogen-bond acceptors (Lipinski definition) is 8. The minimum atomic E-state index is -1.94.